The summed E-state index contributed by atoms with van der Waals surface area (Å²) in [4.78, 5) is 22.8. The predicted molar refractivity (Wildman–Crippen MR) is 76.6 cm³/mol. The van der Waals surface area contributed by atoms with E-state index in [4.69, 9.17) is 5.11 Å². The van der Waals surface area contributed by atoms with Crippen LogP contribution in [0.15, 0.2) is 12.4 Å². The van der Waals surface area contributed by atoms with Gasteiger partial charge >= 0.3 is 0 Å². The number of aliphatic hydroxyl groups excluding tert-OH is 1. The zero-order valence-corrected chi connectivity index (χ0v) is 11.9. The van der Waals surface area contributed by atoms with Gasteiger partial charge in [0.05, 0.1) is 12.4 Å². The topological polar surface area (TPSA) is 78.4 Å². The number of carbonyl (C=O) groups is 1. The van der Waals surface area contributed by atoms with Crippen molar-refractivity contribution < 1.29 is 9.90 Å². The van der Waals surface area contributed by atoms with Crippen molar-refractivity contribution >= 4 is 11.7 Å². The molecular weight excluding hydrogens is 256 g/mol. The molecule has 6 nitrogen and oxygen atoms in total. The summed E-state index contributed by atoms with van der Waals surface area (Å²) in [7, 11) is 0. The summed E-state index contributed by atoms with van der Waals surface area (Å²) in [5.41, 5.74) is 0.369. The summed E-state index contributed by atoms with van der Waals surface area (Å²) in [6.45, 7) is 3.38. The lowest BCUT2D eigenvalue weighted by molar-refractivity contribution is 0.0556. The van der Waals surface area contributed by atoms with Crippen molar-refractivity contribution in [3.8, 4) is 0 Å². The lowest BCUT2D eigenvalue weighted by Crippen LogP contribution is -2.45. The van der Waals surface area contributed by atoms with Crippen LogP contribution in [0, 0.1) is 0 Å². The third-order valence-electron chi connectivity index (χ3n) is 3.55. The van der Waals surface area contributed by atoms with Gasteiger partial charge in [-0.2, -0.15) is 0 Å². The number of rotatable bonds is 7. The molecule has 6 heteroatoms. The Balaban J connectivity index is 2.11. The van der Waals surface area contributed by atoms with Crippen LogP contribution in [0.1, 0.15) is 43.1 Å². The van der Waals surface area contributed by atoms with Gasteiger partial charge in [-0.1, -0.05) is 0 Å². The fraction of sp³-hybridized carbons (Fsp3) is 0.643. The second-order valence-electron chi connectivity index (χ2n) is 4.98. The number of carbonyl (C=O) groups excluding carboxylic acids is 1. The average molecular weight is 278 g/mol. The van der Waals surface area contributed by atoms with E-state index >= 15 is 0 Å². The Morgan fingerprint density at radius 1 is 1.50 bits per heavy atom. The van der Waals surface area contributed by atoms with Gasteiger partial charge in [-0.05, 0) is 32.6 Å². The highest BCUT2D eigenvalue weighted by Crippen LogP contribution is 2.26. The second-order valence-corrected chi connectivity index (χ2v) is 4.98. The molecule has 0 atom stereocenters. The van der Waals surface area contributed by atoms with Gasteiger partial charge in [0.2, 0.25) is 0 Å². The molecular formula is C14H22N4O2. The van der Waals surface area contributed by atoms with Crippen molar-refractivity contribution in [2.24, 2.45) is 0 Å². The molecule has 0 unspecified atom stereocenters. The summed E-state index contributed by atoms with van der Waals surface area (Å²) in [5.74, 6) is 0.532. The minimum atomic E-state index is -0.0876. The molecule has 1 aromatic rings. The highest BCUT2D eigenvalue weighted by atomic mass is 16.3. The Bertz CT molecular complexity index is 449. The van der Waals surface area contributed by atoms with Crippen molar-refractivity contribution in [2.75, 3.05) is 25.0 Å². The Kier molecular flexibility index (Phi) is 5.29. The molecule has 1 aromatic heterocycles. The highest BCUT2D eigenvalue weighted by molar-refractivity contribution is 5.92. The van der Waals surface area contributed by atoms with E-state index < -0.39 is 0 Å². The first-order chi connectivity index (χ1) is 9.76. The van der Waals surface area contributed by atoms with Crippen LogP contribution in [0.2, 0.25) is 0 Å². The van der Waals surface area contributed by atoms with Crippen molar-refractivity contribution in [3.63, 3.8) is 0 Å². The van der Waals surface area contributed by atoms with Gasteiger partial charge in [-0.25, -0.2) is 4.98 Å². The van der Waals surface area contributed by atoms with Gasteiger partial charge in [0.1, 0.15) is 11.5 Å². The maximum absolute atomic E-state index is 12.6. The Labute approximate surface area is 119 Å². The van der Waals surface area contributed by atoms with Crippen LogP contribution in [0.5, 0.6) is 0 Å². The van der Waals surface area contributed by atoms with E-state index in [1.54, 1.807) is 6.20 Å². The summed E-state index contributed by atoms with van der Waals surface area (Å²) < 4.78 is 0. The highest BCUT2D eigenvalue weighted by Gasteiger charge is 2.29. The van der Waals surface area contributed by atoms with E-state index in [1.165, 1.54) is 6.20 Å². The quantitative estimate of drug-likeness (QED) is 0.785. The molecule has 1 heterocycles. The number of nitrogens with one attached hydrogen (secondary N) is 1. The summed E-state index contributed by atoms with van der Waals surface area (Å²) >= 11 is 0. The number of aliphatic hydroxyl groups is 1. The van der Waals surface area contributed by atoms with Gasteiger partial charge in [0.15, 0.2) is 0 Å². The fourth-order valence-corrected chi connectivity index (χ4v) is 2.27. The zero-order valence-electron chi connectivity index (χ0n) is 11.9. The first kappa shape index (κ1) is 14.7. The molecule has 20 heavy (non-hydrogen) atoms. The molecule has 1 aliphatic carbocycles. The summed E-state index contributed by atoms with van der Waals surface area (Å²) in [6, 6.07) is 0.290. The third kappa shape index (κ3) is 3.45. The molecule has 0 aromatic carbocycles. The molecule has 0 aliphatic heterocycles. The summed E-state index contributed by atoms with van der Waals surface area (Å²) in [5, 5.41) is 12.0. The second kappa shape index (κ2) is 7.19. The van der Waals surface area contributed by atoms with Crippen LogP contribution in [0.3, 0.4) is 0 Å². The van der Waals surface area contributed by atoms with Gasteiger partial charge in [-0.15, -0.1) is 0 Å². The van der Waals surface area contributed by atoms with Crippen molar-refractivity contribution in [1.29, 1.82) is 0 Å². The molecule has 0 spiro atoms. The van der Waals surface area contributed by atoms with Crippen LogP contribution in [-0.2, 0) is 0 Å². The van der Waals surface area contributed by atoms with Crippen LogP contribution >= 0.6 is 0 Å². The molecule has 0 saturated heterocycles. The minimum Gasteiger partial charge on any atom is -0.396 e. The van der Waals surface area contributed by atoms with E-state index in [1.807, 2.05) is 11.8 Å². The number of hydrogen-bond acceptors (Lipinski definition) is 5. The largest absolute Gasteiger partial charge is 0.396 e. The lowest BCUT2D eigenvalue weighted by atomic mass is 9.91. The van der Waals surface area contributed by atoms with E-state index in [9.17, 15) is 4.79 Å². The maximum atomic E-state index is 12.6. The van der Waals surface area contributed by atoms with Crippen LogP contribution in [0.4, 0.5) is 5.82 Å². The van der Waals surface area contributed by atoms with Crippen molar-refractivity contribution in [1.82, 2.24) is 14.9 Å². The van der Waals surface area contributed by atoms with Gasteiger partial charge in [0, 0.05) is 25.7 Å². The molecule has 0 bridgehead atoms. The smallest absolute Gasteiger partial charge is 0.274 e. The Morgan fingerprint density at radius 3 is 2.90 bits per heavy atom. The fourth-order valence-electron chi connectivity index (χ4n) is 2.27. The first-order valence-corrected chi connectivity index (χ1v) is 7.24. The minimum absolute atomic E-state index is 0.0876. The van der Waals surface area contributed by atoms with Crippen LogP contribution in [0.25, 0.3) is 0 Å². The SMILES string of the molecule is CCNc1cncc(C(=O)N(CCCO)C2CCC2)n1. The molecule has 1 amide bonds. The molecule has 110 valence electrons. The number of amides is 1. The number of hydrogen-bond donors (Lipinski definition) is 2. The van der Waals surface area contributed by atoms with Crippen LogP contribution in [-0.4, -0.2) is 51.6 Å². The molecule has 2 N–H and O–H groups in total. The van der Waals surface area contributed by atoms with E-state index in [-0.39, 0.29) is 12.5 Å². The van der Waals surface area contributed by atoms with E-state index in [0.29, 0.717) is 30.5 Å². The maximum Gasteiger partial charge on any atom is 0.274 e. The number of anilines is 1. The summed E-state index contributed by atoms with van der Waals surface area (Å²) in [6.07, 6.45) is 6.96. The van der Waals surface area contributed by atoms with Gasteiger partial charge in [-0.3, -0.25) is 9.78 Å². The number of aromatic nitrogens is 2. The Hall–Kier alpha value is -1.69. The predicted octanol–water partition coefficient (Wildman–Crippen LogP) is 1.29. The Morgan fingerprint density at radius 2 is 2.30 bits per heavy atom. The normalized spacial score (nSPS) is 14.7. The standard InChI is InChI=1S/C14H22N4O2/c1-2-16-13-10-15-9-12(17-13)14(20)18(7-4-8-19)11-5-3-6-11/h9-11,19H,2-8H2,1H3,(H,16,17). The number of nitrogens with zero attached hydrogens (tertiary/aromatic N) is 3. The lowest BCUT2D eigenvalue weighted by Gasteiger charge is -2.37. The molecule has 1 fully saturated rings. The molecule has 1 aliphatic rings. The van der Waals surface area contributed by atoms with Crippen molar-refractivity contribution in [3.05, 3.63) is 18.1 Å². The van der Waals surface area contributed by atoms with E-state index in [2.05, 4.69) is 15.3 Å². The molecule has 2 rings (SSSR count). The zero-order chi connectivity index (χ0) is 14.4. The average Bonchev–Trinajstić information content (AvgIpc) is 2.41. The monoisotopic (exact) mass is 278 g/mol. The first-order valence-electron chi connectivity index (χ1n) is 7.24. The third-order valence-corrected chi connectivity index (χ3v) is 3.55. The van der Waals surface area contributed by atoms with Gasteiger partial charge in [0.25, 0.3) is 5.91 Å². The van der Waals surface area contributed by atoms with Crippen molar-refractivity contribution in [2.45, 2.75) is 38.6 Å². The molecule has 0 radical (unpaired) electrons. The molecule has 1 saturated carbocycles. The van der Waals surface area contributed by atoms with Crippen LogP contribution < -0.4 is 5.32 Å². The van der Waals surface area contributed by atoms with E-state index in [0.717, 1.165) is 25.8 Å². The van der Waals surface area contributed by atoms with Gasteiger partial charge < -0.3 is 15.3 Å².